The summed E-state index contributed by atoms with van der Waals surface area (Å²) >= 11 is 7.74. The van der Waals surface area contributed by atoms with Crippen LogP contribution in [0.1, 0.15) is 20.3 Å². The minimum atomic E-state index is 0.307. The summed E-state index contributed by atoms with van der Waals surface area (Å²) in [5.74, 6) is 2.43. The normalized spacial score (nSPS) is 13.4. The Morgan fingerprint density at radius 1 is 1.45 bits per heavy atom. The van der Waals surface area contributed by atoms with E-state index in [1.165, 1.54) is 11.5 Å². The zero-order valence-corrected chi connectivity index (χ0v) is 8.97. The molecule has 0 spiro atoms. The molecule has 68 valence electrons. The Balaban J connectivity index is 2.80. The second-order valence-corrected chi connectivity index (χ2v) is 4.66. The Morgan fingerprint density at radius 3 is 2.73 bits per heavy atom. The molecule has 1 N–H and O–H groups in total. The third kappa shape index (κ3) is 10.6. The van der Waals surface area contributed by atoms with E-state index in [2.05, 4.69) is 12.2 Å². The van der Waals surface area contributed by atoms with Crippen molar-refractivity contribution in [1.82, 2.24) is 5.32 Å². The lowest BCUT2D eigenvalue weighted by molar-refractivity contribution is 0.670. The van der Waals surface area contributed by atoms with E-state index in [9.17, 15) is 0 Å². The van der Waals surface area contributed by atoms with Crippen molar-refractivity contribution in [3.8, 4) is 0 Å². The second kappa shape index (κ2) is 8.69. The van der Waals surface area contributed by atoms with Crippen molar-refractivity contribution in [1.29, 1.82) is 0 Å². The molecule has 0 amide bonds. The second-order valence-electron chi connectivity index (χ2n) is 2.52. The van der Waals surface area contributed by atoms with Crippen LogP contribution in [0.2, 0.25) is 0 Å². The summed E-state index contributed by atoms with van der Waals surface area (Å²) in [7, 11) is 0. The highest BCUT2D eigenvalue weighted by molar-refractivity contribution is 7.99. The van der Waals surface area contributed by atoms with Crippen LogP contribution >= 0.6 is 23.4 Å². The Kier molecular flexibility index (Phi) is 9.17. The maximum absolute atomic E-state index is 5.77. The Morgan fingerprint density at radius 2 is 2.18 bits per heavy atom. The average molecular weight is 196 g/mol. The lowest BCUT2D eigenvalue weighted by Crippen LogP contribution is -2.20. The largest absolute Gasteiger partial charge is 0.316 e. The molecule has 0 aliphatic carbocycles. The molecule has 0 radical (unpaired) electrons. The lowest BCUT2D eigenvalue weighted by Gasteiger charge is -2.04. The number of nitrogens with one attached hydrogen (secondary N) is 1. The van der Waals surface area contributed by atoms with Crippen molar-refractivity contribution in [2.75, 3.05) is 24.6 Å². The molecule has 0 heterocycles. The van der Waals surface area contributed by atoms with Crippen LogP contribution in [0.3, 0.4) is 0 Å². The van der Waals surface area contributed by atoms with Crippen molar-refractivity contribution in [3.63, 3.8) is 0 Å². The van der Waals surface area contributed by atoms with Gasteiger partial charge in [0.2, 0.25) is 0 Å². The third-order valence-electron chi connectivity index (χ3n) is 1.35. The smallest absolute Gasteiger partial charge is 0.0319 e. The van der Waals surface area contributed by atoms with Gasteiger partial charge < -0.3 is 5.32 Å². The van der Waals surface area contributed by atoms with Crippen molar-refractivity contribution in [2.45, 2.75) is 25.6 Å². The third-order valence-corrected chi connectivity index (χ3v) is 2.47. The fourth-order valence-electron chi connectivity index (χ4n) is 0.715. The van der Waals surface area contributed by atoms with E-state index in [0.29, 0.717) is 5.38 Å². The van der Waals surface area contributed by atoms with Crippen LogP contribution in [-0.2, 0) is 0 Å². The van der Waals surface area contributed by atoms with Gasteiger partial charge in [0.05, 0.1) is 0 Å². The summed E-state index contributed by atoms with van der Waals surface area (Å²) in [6.45, 7) is 6.38. The molecule has 0 saturated heterocycles. The molecule has 11 heavy (non-hydrogen) atoms. The van der Waals surface area contributed by atoms with Crippen LogP contribution < -0.4 is 5.32 Å². The molecule has 0 aromatic heterocycles. The molecule has 0 aromatic rings. The maximum Gasteiger partial charge on any atom is 0.0319 e. The van der Waals surface area contributed by atoms with Gasteiger partial charge in [0, 0.05) is 17.7 Å². The first kappa shape index (κ1) is 11.6. The van der Waals surface area contributed by atoms with Gasteiger partial charge in [0.1, 0.15) is 0 Å². The number of hydrogen-bond donors (Lipinski definition) is 1. The van der Waals surface area contributed by atoms with E-state index in [1.807, 2.05) is 18.7 Å². The number of rotatable bonds is 7. The van der Waals surface area contributed by atoms with E-state index >= 15 is 0 Å². The number of alkyl halides is 1. The molecular formula is C8H18ClNS. The van der Waals surface area contributed by atoms with Gasteiger partial charge in [0.15, 0.2) is 0 Å². The minimum absolute atomic E-state index is 0.307. The molecular weight excluding hydrogens is 178 g/mol. The predicted molar refractivity (Wildman–Crippen MR) is 55.8 cm³/mol. The standard InChI is InChI=1S/C8H18ClNS/c1-3-11-7-6-10-5-4-8(2)9/h8,10H,3-7H2,1-2H3. The quantitative estimate of drug-likeness (QED) is 0.495. The molecule has 0 aliphatic heterocycles. The monoisotopic (exact) mass is 195 g/mol. The SMILES string of the molecule is CCSCCNCCC(C)Cl. The molecule has 3 heteroatoms. The highest BCUT2D eigenvalue weighted by Gasteiger charge is 1.93. The molecule has 1 atom stereocenters. The first-order valence-corrected chi connectivity index (χ1v) is 5.79. The number of thioether (sulfide) groups is 1. The molecule has 0 fully saturated rings. The van der Waals surface area contributed by atoms with Crippen molar-refractivity contribution in [3.05, 3.63) is 0 Å². The zero-order valence-electron chi connectivity index (χ0n) is 7.40. The summed E-state index contributed by atoms with van der Waals surface area (Å²) in [5, 5.41) is 3.65. The summed E-state index contributed by atoms with van der Waals surface area (Å²) in [4.78, 5) is 0. The highest BCUT2D eigenvalue weighted by Crippen LogP contribution is 1.98. The average Bonchev–Trinajstić information content (AvgIpc) is 1.96. The van der Waals surface area contributed by atoms with Gasteiger partial charge in [-0.15, -0.1) is 11.6 Å². The molecule has 1 nitrogen and oxygen atoms in total. The molecule has 1 unspecified atom stereocenters. The van der Waals surface area contributed by atoms with Gasteiger partial charge in [-0.3, -0.25) is 0 Å². The van der Waals surface area contributed by atoms with Gasteiger partial charge in [-0.2, -0.15) is 11.8 Å². The number of halogens is 1. The summed E-state index contributed by atoms with van der Waals surface area (Å²) in [6, 6.07) is 0. The van der Waals surface area contributed by atoms with Crippen molar-refractivity contribution in [2.24, 2.45) is 0 Å². The minimum Gasteiger partial charge on any atom is -0.316 e. The first-order chi connectivity index (χ1) is 5.27. The van der Waals surface area contributed by atoms with Crippen LogP contribution in [0.4, 0.5) is 0 Å². The van der Waals surface area contributed by atoms with E-state index in [-0.39, 0.29) is 0 Å². The summed E-state index contributed by atoms with van der Waals surface area (Å²) in [6.07, 6.45) is 1.07. The van der Waals surface area contributed by atoms with Crippen molar-refractivity contribution < 1.29 is 0 Å². The highest BCUT2D eigenvalue weighted by atomic mass is 35.5. The topological polar surface area (TPSA) is 12.0 Å². The lowest BCUT2D eigenvalue weighted by atomic mass is 10.3. The van der Waals surface area contributed by atoms with Crippen molar-refractivity contribution >= 4 is 23.4 Å². The van der Waals surface area contributed by atoms with Crippen LogP contribution in [0.5, 0.6) is 0 Å². The maximum atomic E-state index is 5.77. The van der Waals surface area contributed by atoms with E-state index in [1.54, 1.807) is 0 Å². The summed E-state index contributed by atoms with van der Waals surface area (Å²) < 4.78 is 0. The van der Waals surface area contributed by atoms with Crippen LogP contribution in [0, 0.1) is 0 Å². The van der Waals surface area contributed by atoms with E-state index in [0.717, 1.165) is 19.5 Å². The van der Waals surface area contributed by atoms with Gasteiger partial charge in [0.25, 0.3) is 0 Å². The molecule has 0 saturated carbocycles. The van der Waals surface area contributed by atoms with Gasteiger partial charge >= 0.3 is 0 Å². The zero-order chi connectivity index (χ0) is 8.53. The Hall–Kier alpha value is 0.600. The van der Waals surface area contributed by atoms with Gasteiger partial charge in [-0.05, 0) is 25.6 Å². The van der Waals surface area contributed by atoms with Crippen LogP contribution in [0.25, 0.3) is 0 Å². The van der Waals surface area contributed by atoms with Crippen LogP contribution in [-0.4, -0.2) is 30.0 Å². The molecule has 0 rings (SSSR count). The fraction of sp³-hybridized carbons (Fsp3) is 1.00. The Labute approximate surface area is 79.3 Å². The Bertz CT molecular complexity index is 78.5. The van der Waals surface area contributed by atoms with Gasteiger partial charge in [-0.25, -0.2) is 0 Å². The van der Waals surface area contributed by atoms with E-state index in [4.69, 9.17) is 11.6 Å². The van der Waals surface area contributed by atoms with E-state index < -0.39 is 0 Å². The molecule has 0 aliphatic rings. The first-order valence-electron chi connectivity index (χ1n) is 4.20. The molecule has 0 aromatic carbocycles. The fourth-order valence-corrected chi connectivity index (χ4v) is 1.40. The predicted octanol–water partition coefficient (Wildman–Crippen LogP) is 2.35. The van der Waals surface area contributed by atoms with Gasteiger partial charge in [-0.1, -0.05) is 6.92 Å². The number of hydrogen-bond acceptors (Lipinski definition) is 2. The summed E-state index contributed by atoms with van der Waals surface area (Å²) in [5.41, 5.74) is 0. The molecule has 0 bridgehead atoms. The van der Waals surface area contributed by atoms with Crippen LogP contribution in [0.15, 0.2) is 0 Å².